The molecule has 4 rings (SSSR count). The molecule has 27 heavy (non-hydrogen) atoms. The van der Waals surface area contributed by atoms with Crippen LogP contribution in [0.3, 0.4) is 0 Å². The molecule has 0 aromatic heterocycles. The molecule has 0 bridgehead atoms. The second kappa shape index (κ2) is 6.46. The third-order valence-corrected chi connectivity index (χ3v) is 6.79. The quantitative estimate of drug-likeness (QED) is 0.783. The van der Waals surface area contributed by atoms with Crippen LogP contribution in [0.5, 0.6) is 0 Å². The SMILES string of the molecule is Cc1cc(-c2cc3c(c(C)c2C)C(N2CC(C)(O)C2)CC3)ccc1C(C)C. The summed E-state index contributed by atoms with van der Waals surface area (Å²) in [7, 11) is 0. The van der Waals surface area contributed by atoms with Gasteiger partial charge in [0.05, 0.1) is 5.60 Å². The zero-order valence-electron chi connectivity index (χ0n) is 17.7. The minimum absolute atomic E-state index is 0.484. The van der Waals surface area contributed by atoms with Gasteiger partial charge in [0.2, 0.25) is 0 Å². The maximum Gasteiger partial charge on any atom is 0.0872 e. The van der Waals surface area contributed by atoms with Crippen molar-refractivity contribution in [3.63, 3.8) is 0 Å². The van der Waals surface area contributed by atoms with Crippen LogP contribution in [-0.2, 0) is 6.42 Å². The van der Waals surface area contributed by atoms with Crippen LogP contribution in [0.4, 0.5) is 0 Å². The highest BCUT2D eigenvalue weighted by Gasteiger charge is 2.43. The molecule has 144 valence electrons. The lowest BCUT2D eigenvalue weighted by atomic mass is 9.86. The molecule has 1 atom stereocenters. The monoisotopic (exact) mass is 363 g/mol. The second-order valence-electron chi connectivity index (χ2n) is 9.43. The first-order valence-electron chi connectivity index (χ1n) is 10.4. The maximum absolute atomic E-state index is 10.2. The largest absolute Gasteiger partial charge is 0.388 e. The number of aliphatic hydroxyl groups is 1. The molecule has 1 saturated heterocycles. The molecule has 2 aromatic rings. The molecule has 1 fully saturated rings. The van der Waals surface area contributed by atoms with Crippen molar-refractivity contribution in [1.82, 2.24) is 4.90 Å². The summed E-state index contributed by atoms with van der Waals surface area (Å²) in [6.07, 6.45) is 2.33. The number of nitrogens with zero attached hydrogens (tertiary/aromatic N) is 1. The van der Waals surface area contributed by atoms with Gasteiger partial charge in [0, 0.05) is 19.1 Å². The van der Waals surface area contributed by atoms with Crippen LogP contribution in [0.2, 0.25) is 0 Å². The summed E-state index contributed by atoms with van der Waals surface area (Å²) in [6.45, 7) is 14.9. The average molecular weight is 364 g/mol. The zero-order valence-corrected chi connectivity index (χ0v) is 17.7. The Morgan fingerprint density at radius 1 is 1.07 bits per heavy atom. The first kappa shape index (κ1) is 18.7. The third kappa shape index (κ3) is 3.13. The molecule has 1 aliphatic heterocycles. The Balaban J connectivity index is 1.72. The Bertz CT molecular complexity index is 886. The molecule has 2 aliphatic rings. The van der Waals surface area contributed by atoms with E-state index < -0.39 is 5.60 Å². The molecule has 2 aromatic carbocycles. The Kier molecular flexibility index (Phi) is 4.48. The van der Waals surface area contributed by atoms with E-state index in [0.717, 1.165) is 19.5 Å². The van der Waals surface area contributed by atoms with Crippen LogP contribution < -0.4 is 0 Å². The summed E-state index contributed by atoms with van der Waals surface area (Å²) in [5.74, 6) is 0.566. The average Bonchev–Trinajstić information content (AvgIpc) is 2.99. The van der Waals surface area contributed by atoms with Crippen molar-refractivity contribution in [3.8, 4) is 11.1 Å². The number of hydrogen-bond donors (Lipinski definition) is 1. The van der Waals surface area contributed by atoms with Gasteiger partial charge in [0.15, 0.2) is 0 Å². The molecule has 1 heterocycles. The van der Waals surface area contributed by atoms with E-state index in [1.54, 1.807) is 0 Å². The molecule has 2 nitrogen and oxygen atoms in total. The van der Waals surface area contributed by atoms with E-state index in [-0.39, 0.29) is 0 Å². The summed E-state index contributed by atoms with van der Waals surface area (Å²) in [6, 6.07) is 9.90. The predicted molar refractivity (Wildman–Crippen MR) is 113 cm³/mol. The fourth-order valence-electron chi connectivity index (χ4n) is 5.32. The lowest BCUT2D eigenvalue weighted by Gasteiger charge is -2.48. The van der Waals surface area contributed by atoms with Gasteiger partial charge in [0.1, 0.15) is 0 Å². The molecule has 1 aliphatic carbocycles. The number of β-amino-alcohol motifs (C(OH)–C–C–N with tert-alkyl or cyclic N) is 1. The van der Waals surface area contributed by atoms with E-state index in [2.05, 4.69) is 63.8 Å². The van der Waals surface area contributed by atoms with E-state index in [4.69, 9.17) is 0 Å². The molecular formula is C25H33NO. The minimum atomic E-state index is -0.499. The van der Waals surface area contributed by atoms with E-state index in [0.29, 0.717) is 12.0 Å². The molecule has 0 amide bonds. The van der Waals surface area contributed by atoms with Crippen LogP contribution in [0, 0.1) is 20.8 Å². The summed E-state index contributed by atoms with van der Waals surface area (Å²) in [4.78, 5) is 2.46. The number of benzene rings is 2. The van der Waals surface area contributed by atoms with Crippen LogP contribution >= 0.6 is 0 Å². The van der Waals surface area contributed by atoms with E-state index >= 15 is 0 Å². The van der Waals surface area contributed by atoms with Gasteiger partial charge in [-0.2, -0.15) is 0 Å². The van der Waals surface area contributed by atoms with Gasteiger partial charge in [-0.1, -0.05) is 38.1 Å². The van der Waals surface area contributed by atoms with Crippen molar-refractivity contribution in [2.24, 2.45) is 0 Å². The van der Waals surface area contributed by atoms with Gasteiger partial charge in [-0.3, -0.25) is 4.90 Å². The van der Waals surface area contributed by atoms with Gasteiger partial charge in [-0.25, -0.2) is 0 Å². The highest BCUT2D eigenvalue weighted by atomic mass is 16.3. The molecule has 0 spiro atoms. The Hall–Kier alpha value is -1.64. The highest BCUT2D eigenvalue weighted by Crippen LogP contribution is 2.45. The van der Waals surface area contributed by atoms with Crippen molar-refractivity contribution >= 4 is 0 Å². The van der Waals surface area contributed by atoms with E-state index in [1.807, 2.05) is 6.92 Å². The minimum Gasteiger partial charge on any atom is -0.388 e. The van der Waals surface area contributed by atoms with Crippen molar-refractivity contribution < 1.29 is 5.11 Å². The molecule has 2 heteroatoms. The normalized spacial score (nSPS) is 21.4. The smallest absolute Gasteiger partial charge is 0.0872 e. The second-order valence-corrected chi connectivity index (χ2v) is 9.43. The van der Waals surface area contributed by atoms with Gasteiger partial charge in [-0.15, -0.1) is 0 Å². The third-order valence-electron chi connectivity index (χ3n) is 6.79. The summed E-state index contributed by atoms with van der Waals surface area (Å²) < 4.78 is 0. The number of hydrogen-bond acceptors (Lipinski definition) is 2. The standard InChI is InChI=1S/C25H33NO/c1-15(2)21-9-7-19(11-16(21)3)22-12-20-8-10-23(24(20)18(5)17(22)4)26-13-25(6,27)14-26/h7,9,11-12,15,23,27H,8,10,13-14H2,1-6H3. The topological polar surface area (TPSA) is 23.5 Å². The van der Waals surface area contributed by atoms with Gasteiger partial charge in [-0.05, 0) is 91.0 Å². The van der Waals surface area contributed by atoms with Crippen LogP contribution in [0.1, 0.15) is 72.5 Å². The van der Waals surface area contributed by atoms with Gasteiger partial charge in [0.25, 0.3) is 0 Å². The molecule has 1 unspecified atom stereocenters. The first-order valence-corrected chi connectivity index (χ1v) is 10.4. The molecular weight excluding hydrogens is 330 g/mol. The highest BCUT2D eigenvalue weighted by molar-refractivity contribution is 5.72. The summed E-state index contributed by atoms with van der Waals surface area (Å²) in [5, 5.41) is 10.2. The first-order chi connectivity index (χ1) is 12.7. The fourth-order valence-corrected chi connectivity index (χ4v) is 5.32. The van der Waals surface area contributed by atoms with Crippen LogP contribution in [0.25, 0.3) is 11.1 Å². The summed E-state index contributed by atoms with van der Waals surface area (Å²) in [5.41, 5.74) is 11.0. The summed E-state index contributed by atoms with van der Waals surface area (Å²) >= 11 is 0. The van der Waals surface area contributed by atoms with Gasteiger partial charge < -0.3 is 5.11 Å². The van der Waals surface area contributed by atoms with Crippen LogP contribution in [-0.4, -0.2) is 28.7 Å². The molecule has 1 N–H and O–H groups in total. The van der Waals surface area contributed by atoms with Crippen molar-refractivity contribution in [3.05, 3.63) is 57.6 Å². The Labute approximate surface area is 164 Å². The van der Waals surface area contributed by atoms with E-state index in [1.165, 1.54) is 50.9 Å². The lowest BCUT2D eigenvalue weighted by Crippen LogP contribution is -2.60. The predicted octanol–water partition coefficient (Wildman–Crippen LogP) is 5.46. The number of aryl methyl sites for hydroxylation is 2. The Morgan fingerprint density at radius 3 is 2.37 bits per heavy atom. The van der Waals surface area contributed by atoms with Crippen molar-refractivity contribution in [2.45, 2.75) is 71.9 Å². The van der Waals surface area contributed by atoms with Gasteiger partial charge >= 0.3 is 0 Å². The number of rotatable bonds is 3. The fraction of sp³-hybridized carbons (Fsp3) is 0.520. The number of fused-ring (bicyclic) bond motifs is 1. The van der Waals surface area contributed by atoms with E-state index in [9.17, 15) is 5.11 Å². The van der Waals surface area contributed by atoms with Crippen LogP contribution in [0.15, 0.2) is 24.3 Å². The lowest BCUT2D eigenvalue weighted by molar-refractivity contribution is -0.103. The number of likely N-dealkylation sites (tertiary alicyclic amines) is 1. The van der Waals surface area contributed by atoms with Crippen molar-refractivity contribution in [2.75, 3.05) is 13.1 Å². The zero-order chi connectivity index (χ0) is 19.5. The molecule has 0 radical (unpaired) electrons. The molecule has 0 saturated carbocycles. The van der Waals surface area contributed by atoms with Crippen molar-refractivity contribution in [1.29, 1.82) is 0 Å². The Morgan fingerprint density at radius 2 is 1.78 bits per heavy atom. The maximum atomic E-state index is 10.2.